The van der Waals surface area contributed by atoms with Crippen molar-refractivity contribution in [2.45, 2.75) is 6.92 Å². The fourth-order valence-electron chi connectivity index (χ4n) is 0.367. The summed E-state index contributed by atoms with van der Waals surface area (Å²) >= 11 is 0. The number of aldehydes is 1. The van der Waals surface area contributed by atoms with Crippen molar-refractivity contribution >= 4 is 15.8 Å². The van der Waals surface area contributed by atoms with Crippen LogP contribution in [-0.2, 0) is 18.1 Å². The highest BCUT2D eigenvalue weighted by molar-refractivity contribution is 6.36. The molecule has 0 aliphatic rings. The van der Waals surface area contributed by atoms with E-state index in [2.05, 4.69) is 0 Å². The van der Waals surface area contributed by atoms with Gasteiger partial charge in [0.15, 0.2) is 0 Å². The Morgan fingerprint density at radius 2 is 1.50 bits per heavy atom. The van der Waals surface area contributed by atoms with Crippen molar-refractivity contribution in [2.75, 3.05) is 21.3 Å². The zero-order valence-corrected chi connectivity index (χ0v) is 9.10. The van der Waals surface area contributed by atoms with Gasteiger partial charge in [-0.15, -0.1) is 0 Å². The topological polar surface area (TPSA) is 44.8 Å². The second kappa shape index (κ2) is 13.1. The molecule has 0 saturated heterocycles. The van der Waals surface area contributed by atoms with Gasteiger partial charge >= 0.3 is 9.53 Å². The van der Waals surface area contributed by atoms with Crippen LogP contribution in [0.25, 0.3) is 0 Å². The first kappa shape index (κ1) is 14.1. The van der Waals surface area contributed by atoms with E-state index in [-0.39, 0.29) is 0 Å². The van der Waals surface area contributed by atoms with Gasteiger partial charge in [-0.1, -0.05) is 6.08 Å². The second-order valence-corrected chi connectivity index (χ2v) is 3.65. The van der Waals surface area contributed by atoms with Gasteiger partial charge in [0.2, 0.25) is 0 Å². The van der Waals surface area contributed by atoms with Crippen LogP contribution in [0.4, 0.5) is 0 Å². The molecule has 0 fully saturated rings. The lowest BCUT2D eigenvalue weighted by molar-refractivity contribution is -0.104. The molecule has 0 rings (SSSR count). The van der Waals surface area contributed by atoms with Crippen molar-refractivity contribution in [3.05, 3.63) is 12.2 Å². The van der Waals surface area contributed by atoms with Crippen molar-refractivity contribution < 1.29 is 18.1 Å². The summed E-state index contributed by atoms with van der Waals surface area (Å²) in [7, 11) is 3.05. The smallest absolute Gasteiger partial charge is 0.379 e. The molecule has 0 aliphatic heterocycles. The van der Waals surface area contributed by atoms with E-state index < -0.39 is 9.53 Å². The Morgan fingerprint density at radius 1 is 1.08 bits per heavy atom. The van der Waals surface area contributed by atoms with Gasteiger partial charge in [-0.2, -0.15) is 0 Å². The lowest BCUT2D eigenvalue weighted by Gasteiger charge is -2.05. The Morgan fingerprint density at radius 3 is 1.50 bits per heavy atom. The highest BCUT2D eigenvalue weighted by Crippen LogP contribution is 1.81. The standard InChI is InChI=1S/C4H6O.C3H10O3Si/c1-2-3-4-5;1-4-7(5-2)6-3/h2-4H,1H3;7H,1-3H3. The maximum absolute atomic E-state index is 9.32. The second-order valence-electron chi connectivity index (χ2n) is 1.66. The van der Waals surface area contributed by atoms with Gasteiger partial charge in [0.05, 0.1) is 0 Å². The molecule has 0 N–H and O–H groups in total. The molecule has 0 radical (unpaired) electrons. The Balaban J connectivity index is 0. The predicted molar refractivity (Wildman–Crippen MR) is 49.1 cm³/mol. The lowest BCUT2D eigenvalue weighted by atomic mass is 10.6. The molecule has 72 valence electrons. The summed E-state index contributed by atoms with van der Waals surface area (Å²) < 4.78 is 14.2. The fraction of sp³-hybridized carbons (Fsp3) is 0.571. The van der Waals surface area contributed by atoms with E-state index in [9.17, 15) is 4.79 Å². The van der Waals surface area contributed by atoms with Gasteiger partial charge < -0.3 is 13.3 Å². The molecule has 5 heteroatoms. The number of hydrogen-bond acceptors (Lipinski definition) is 4. The first-order chi connectivity index (χ1) is 5.76. The molecule has 0 heterocycles. The molecule has 0 saturated carbocycles. The minimum atomic E-state index is -1.67. The molecule has 0 aromatic carbocycles. The van der Waals surface area contributed by atoms with Crippen LogP contribution in [-0.4, -0.2) is 37.1 Å². The maximum Gasteiger partial charge on any atom is 0.483 e. The van der Waals surface area contributed by atoms with Crippen molar-refractivity contribution in [1.29, 1.82) is 0 Å². The van der Waals surface area contributed by atoms with Gasteiger partial charge in [-0.25, -0.2) is 0 Å². The molecule has 0 atom stereocenters. The van der Waals surface area contributed by atoms with Crippen LogP contribution in [0.1, 0.15) is 6.92 Å². The third kappa shape index (κ3) is 12.2. The Kier molecular flexibility index (Phi) is 15.4. The van der Waals surface area contributed by atoms with Gasteiger partial charge in [0.1, 0.15) is 6.29 Å². The van der Waals surface area contributed by atoms with Crippen LogP contribution in [0, 0.1) is 0 Å². The van der Waals surface area contributed by atoms with Crippen LogP contribution < -0.4 is 0 Å². The predicted octanol–water partition coefficient (Wildman–Crippen LogP) is 0.404. The number of hydrogen-bond donors (Lipinski definition) is 0. The molecular formula is C7H16O4Si. The molecule has 4 nitrogen and oxygen atoms in total. The van der Waals surface area contributed by atoms with Crippen molar-refractivity contribution in [2.24, 2.45) is 0 Å². The molecule has 0 unspecified atom stereocenters. The summed E-state index contributed by atoms with van der Waals surface area (Å²) in [4.78, 5) is 9.32. The van der Waals surface area contributed by atoms with E-state index in [1.807, 2.05) is 0 Å². The first-order valence-electron chi connectivity index (χ1n) is 3.41. The maximum atomic E-state index is 9.32. The molecular weight excluding hydrogens is 176 g/mol. The zero-order chi connectivity index (χ0) is 9.82. The van der Waals surface area contributed by atoms with Crippen molar-refractivity contribution in [3.63, 3.8) is 0 Å². The lowest BCUT2D eigenvalue weighted by Crippen LogP contribution is -2.21. The Bertz CT molecular complexity index is 106. The SMILES string of the molecule is CC=CC=O.CO[SiH](OC)OC. The van der Waals surface area contributed by atoms with Crippen molar-refractivity contribution in [3.8, 4) is 0 Å². The van der Waals surface area contributed by atoms with E-state index in [4.69, 9.17) is 13.3 Å². The summed E-state index contributed by atoms with van der Waals surface area (Å²) in [5, 5.41) is 0. The minimum absolute atomic E-state index is 0.750. The zero-order valence-electron chi connectivity index (χ0n) is 7.94. The van der Waals surface area contributed by atoms with E-state index in [1.165, 1.54) is 6.08 Å². The summed E-state index contributed by atoms with van der Waals surface area (Å²) in [5.41, 5.74) is 0. The van der Waals surface area contributed by atoms with Gasteiger partial charge in [-0.05, 0) is 13.0 Å². The molecule has 0 bridgehead atoms. The normalized spacial score (nSPS) is 9.75. The number of carbonyl (C=O) groups is 1. The average Bonchev–Trinajstić information content (AvgIpc) is 2.10. The fourth-order valence-corrected chi connectivity index (χ4v) is 0.945. The molecule has 0 aliphatic carbocycles. The summed E-state index contributed by atoms with van der Waals surface area (Å²) in [5.74, 6) is 0. The van der Waals surface area contributed by atoms with E-state index in [0.717, 1.165) is 6.29 Å². The number of rotatable bonds is 4. The Hall–Kier alpha value is -0.493. The van der Waals surface area contributed by atoms with E-state index >= 15 is 0 Å². The van der Waals surface area contributed by atoms with E-state index in [0.29, 0.717) is 0 Å². The molecule has 0 spiro atoms. The van der Waals surface area contributed by atoms with Crippen LogP contribution >= 0.6 is 0 Å². The van der Waals surface area contributed by atoms with Crippen LogP contribution in [0.5, 0.6) is 0 Å². The highest BCUT2D eigenvalue weighted by Gasteiger charge is 2.04. The van der Waals surface area contributed by atoms with Crippen LogP contribution in [0.2, 0.25) is 0 Å². The number of allylic oxidation sites excluding steroid dienone is 2. The summed E-state index contributed by atoms with van der Waals surface area (Å²) in [6.07, 6.45) is 3.88. The van der Waals surface area contributed by atoms with Gasteiger partial charge in [-0.3, -0.25) is 4.79 Å². The quantitative estimate of drug-likeness (QED) is 0.367. The van der Waals surface area contributed by atoms with Crippen LogP contribution in [0.15, 0.2) is 12.2 Å². The van der Waals surface area contributed by atoms with Crippen molar-refractivity contribution in [1.82, 2.24) is 0 Å². The molecule has 0 aromatic rings. The number of carbonyl (C=O) groups excluding carboxylic acids is 1. The third-order valence-electron chi connectivity index (χ3n) is 0.848. The highest BCUT2D eigenvalue weighted by atomic mass is 28.3. The molecule has 0 aromatic heterocycles. The van der Waals surface area contributed by atoms with Gasteiger partial charge in [0, 0.05) is 21.3 Å². The average molecular weight is 192 g/mol. The summed E-state index contributed by atoms with van der Waals surface area (Å²) in [6.45, 7) is 1.80. The largest absolute Gasteiger partial charge is 0.483 e. The minimum Gasteiger partial charge on any atom is -0.379 e. The molecule has 12 heavy (non-hydrogen) atoms. The Labute approximate surface area is 75.1 Å². The summed E-state index contributed by atoms with van der Waals surface area (Å²) in [6, 6.07) is 0. The monoisotopic (exact) mass is 192 g/mol. The first-order valence-corrected chi connectivity index (χ1v) is 4.83. The third-order valence-corrected chi connectivity index (χ3v) is 2.00. The van der Waals surface area contributed by atoms with E-state index in [1.54, 1.807) is 34.3 Å². The molecule has 0 amide bonds. The van der Waals surface area contributed by atoms with Gasteiger partial charge in [0.25, 0.3) is 0 Å². The van der Waals surface area contributed by atoms with Crippen LogP contribution in [0.3, 0.4) is 0 Å².